The van der Waals surface area contributed by atoms with Crippen LogP contribution in [0.1, 0.15) is 26.2 Å². The summed E-state index contributed by atoms with van der Waals surface area (Å²) in [7, 11) is 0. The molecule has 1 atom stereocenters. The number of rotatable bonds is 5. The third kappa shape index (κ3) is 5.79. The van der Waals surface area contributed by atoms with E-state index in [1.807, 2.05) is 6.08 Å². The Morgan fingerprint density at radius 3 is 2.80 bits per heavy atom. The first-order valence-corrected chi connectivity index (χ1v) is 3.84. The Labute approximate surface area is 62.7 Å². The Balaban J connectivity index is 3.24. The van der Waals surface area contributed by atoms with Crippen molar-refractivity contribution in [1.82, 2.24) is 0 Å². The second kappa shape index (κ2) is 6.78. The van der Waals surface area contributed by atoms with E-state index in [-0.39, 0.29) is 12.6 Å². The normalized spacial score (nSPS) is 14.3. The van der Waals surface area contributed by atoms with Crippen molar-refractivity contribution < 1.29 is 5.11 Å². The highest BCUT2D eigenvalue weighted by molar-refractivity contribution is 4.90. The maximum absolute atomic E-state index is 8.40. The van der Waals surface area contributed by atoms with Crippen molar-refractivity contribution in [2.45, 2.75) is 32.2 Å². The highest BCUT2D eigenvalue weighted by Crippen LogP contribution is 1.98. The van der Waals surface area contributed by atoms with Crippen LogP contribution in [0, 0.1) is 0 Å². The molecule has 0 aliphatic carbocycles. The zero-order valence-electron chi connectivity index (χ0n) is 6.59. The highest BCUT2D eigenvalue weighted by atomic mass is 16.2. The van der Waals surface area contributed by atoms with E-state index in [2.05, 4.69) is 6.92 Å². The number of nitrogens with two attached hydrogens (primary N) is 1. The van der Waals surface area contributed by atoms with Gasteiger partial charge >= 0.3 is 0 Å². The lowest BCUT2D eigenvalue weighted by molar-refractivity contribution is 0.342. The molecule has 0 aromatic heterocycles. The molecule has 60 valence electrons. The Morgan fingerprint density at radius 1 is 1.60 bits per heavy atom. The third-order valence-corrected chi connectivity index (χ3v) is 1.38. The van der Waals surface area contributed by atoms with Crippen LogP contribution in [0.4, 0.5) is 0 Å². The molecule has 0 saturated heterocycles. The molecule has 0 aliphatic heterocycles. The lowest BCUT2D eigenvalue weighted by Crippen LogP contribution is -2.16. The highest BCUT2D eigenvalue weighted by Gasteiger charge is 1.93. The van der Waals surface area contributed by atoms with Crippen LogP contribution < -0.4 is 5.73 Å². The molecule has 0 spiro atoms. The lowest BCUT2D eigenvalue weighted by atomic mass is 10.1. The van der Waals surface area contributed by atoms with Gasteiger partial charge in [0.1, 0.15) is 0 Å². The third-order valence-electron chi connectivity index (χ3n) is 1.38. The summed E-state index contributed by atoms with van der Waals surface area (Å²) in [5, 5.41) is 8.40. The van der Waals surface area contributed by atoms with Crippen LogP contribution in [0.3, 0.4) is 0 Å². The van der Waals surface area contributed by atoms with E-state index in [9.17, 15) is 0 Å². The number of aliphatic hydroxyl groups excluding tert-OH is 1. The Hall–Kier alpha value is -0.340. The fraction of sp³-hybridized carbons (Fsp3) is 0.750. The van der Waals surface area contributed by atoms with E-state index >= 15 is 0 Å². The molecule has 10 heavy (non-hydrogen) atoms. The van der Waals surface area contributed by atoms with Gasteiger partial charge in [0, 0.05) is 6.04 Å². The number of aliphatic hydroxyl groups is 1. The monoisotopic (exact) mass is 143 g/mol. The van der Waals surface area contributed by atoms with Crippen molar-refractivity contribution >= 4 is 0 Å². The van der Waals surface area contributed by atoms with Crippen LogP contribution in [0.5, 0.6) is 0 Å². The van der Waals surface area contributed by atoms with E-state index < -0.39 is 0 Å². The largest absolute Gasteiger partial charge is 0.392 e. The first kappa shape index (κ1) is 9.66. The van der Waals surface area contributed by atoms with Crippen LogP contribution in [0.2, 0.25) is 0 Å². The second-order valence-electron chi connectivity index (χ2n) is 2.42. The van der Waals surface area contributed by atoms with Gasteiger partial charge < -0.3 is 10.8 Å². The zero-order chi connectivity index (χ0) is 7.82. The van der Waals surface area contributed by atoms with Crippen LogP contribution in [-0.2, 0) is 0 Å². The summed E-state index contributed by atoms with van der Waals surface area (Å²) in [5.74, 6) is 0. The molecule has 0 saturated carbocycles. The molecule has 0 fully saturated rings. The average molecular weight is 143 g/mol. The molecule has 1 unspecified atom stereocenters. The first-order valence-electron chi connectivity index (χ1n) is 3.84. The van der Waals surface area contributed by atoms with Gasteiger partial charge in [0.2, 0.25) is 0 Å². The maximum atomic E-state index is 8.40. The minimum Gasteiger partial charge on any atom is -0.392 e. The summed E-state index contributed by atoms with van der Waals surface area (Å²) in [4.78, 5) is 0. The van der Waals surface area contributed by atoms with E-state index in [0.29, 0.717) is 0 Å². The van der Waals surface area contributed by atoms with Crippen molar-refractivity contribution in [3.05, 3.63) is 12.2 Å². The Morgan fingerprint density at radius 2 is 2.30 bits per heavy atom. The van der Waals surface area contributed by atoms with Crippen LogP contribution in [-0.4, -0.2) is 17.8 Å². The van der Waals surface area contributed by atoms with Gasteiger partial charge in [-0.05, 0) is 6.42 Å². The maximum Gasteiger partial charge on any atom is 0.0612 e. The van der Waals surface area contributed by atoms with Gasteiger partial charge in [-0.25, -0.2) is 0 Å². The smallest absolute Gasteiger partial charge is 0.0612 e. The summed E-state index contributed by atoms with van der Waals surface area (Å²) >= 11 is 0. The van der Waals surface area contributed by atoms with E-state index in [4.69, 9.17) is 10.8 Å². The van der Waals surface area contributed by atoms with Crippen LogP contribution >= 0.6 is 0 Å². The molecule has 0 radical (unpaired) electrons. The molecule has 0 amide bonds. The van der Waals surface area contributed by atoms with Gasteiger partial charge in [-0.2, -0.15) is 0 Å². The minimum atomic E-state index is 0.0970. The molecule has 0 aliphatic rings. The predicted octanol–water partition coefficient (Wildman–Crippen LogP) is 1.05. The van der Waals surface area contributed by atoms with Gasteiger partial charge in [0.05, 0.1) is 6.61 Å². The molecule has 2 heteroatoms. The minimum absolute atomic E-state index is 0.0970. The van der Waals surface area contributed by atoms with E-state index in [1.165, 1.54) is 6.42 Å². The molecule has 0 bridgehead atoms. The summed E-state index contributed by atoms with van der Waals surface area (Å²) in [6, 6.07) is 0.132. The summed E-state index contributed by atoms with van der Waals surface area (Å²) in [5.41, 5.74) is 5.65. The number of hydrogen-bond donors (Lipinski definition) is 2. The first-order chi connectivity index (χ1) is 4.81. The molecule has 0 rings (SSSR count). The van der Waals surface area contributed by atoms with Gasteiger partial charge in [-0.15, -0.1) is 0 Å². The summed E-state index contributed by atoms with van der Waals surface area (Å²) in [6.45, 7) is 2.24. The molecule has 3 N–H and O–H groups in total. The molecule has 0 heterocycles. The quantitative estimate of drug-likeness (QED) is 0.565. The second-order valence-corrected chi connectivity index (χ2v) is 2.42. The molecular formula is C8H17NO. The molecular weight excluding hydrogens is 126 g/mol. The van der Waals surface area contributed by atoms with Gasteiger partial charge in [-0.1, -0.05) is 31.9 Å². The number of hydrogen-bond acceptors (Lipinski definition) is 2. The van der Waals surface area contributed by atoms with Crippen LogP contribution in [0.25, 0.3) is 0 Å². The lowest BCUT2D eigenvalue weighted by Gasteiger charge is -2.02. The molecule has 0 aromatic carbocycles. The van der Waals surface area contributed by atoms with Gasteiger partial charge in [-0.3, -0.25) is 0 Å². The van der Waals surface area contributed by atoms with Crippen LogP contribution in [0.15, 0.2) is 12.2 Å². The summed E-state index contributed by atoms with van der Waals surface area (Å²) in [6.07, 6.45) is 6.92. The topological polar surface area (TPSA) is 46.2 Å². The summed E-state index contributed by atoms with van der Waals surface area (Å²) < 4.78 is 0. The van der Waals surface area contributed by atoms with Gasteiger partial charge in [0.25, 0.3) is 0 Å². The fourth-order valence-corrected chi connectivity index (χ4v) is 0.772. The van der Waals surface area contributed by atoms with Gasteiger partial charge in [0.15, 0.2) is 0 Å². The van der Waals surface area contributed by atoms with E-state index in [0.717, 1.165) is 12.8 Å². The SMILES string of the molecule is CCCCC(N)/C=C/CO. The predicted molar refractivity (Wildman–Crippen MR) is 43.7 cm³/mol. The Bertz CT molecular complexity index is 91.3. The number of unbranched alkanes of at least 4 members (excludes halogenated alkanes) is 1. The van der Waals surface area contributed by atoms with Crippen molar-refractivity contribution in [3.63, 3.8) is 0 Å². The molecule has 0 aromatic rings. The zero-order valence-corrected chi connectivity index (χ0v) is 6.59. The Kier molecular flexibility index (Phi) is 6.55. The standard InChI is InChI=1S/C8H17NO/c1-2-3-5-8(9)6-4-7-10/h4,6,8,10H,2-3,5,7,9H2,1H3/b6-4+. The van der Waals surface area contributed by atoms with Crippen molar-refractivity contribution in [1.29, 1.82) is 0 Å². The van der Waals surface area contributed by atoms with Crippen molar-refractivity contribution in [2.24, 2.45) is 5.73 Å². The van der Waals surface area contributed by atoms with Crippen molar-refractivity contribution in [2.75, 3.05) is 6.61 Å². The van der Waals surface area contributed by atoms with Crippen molar-refractivity contribution in [3.8, 4) is 0 Å². The average Bonchev–Trinajstić information content (AvgIpc) is 1.97. The van der Waals surface area contributed by atoms with E-state index in [1.54, 1.807) is 6.08 Å². The fourth-order valence-electron chi connectivity index (χ4n) is 0.772. The molecule has 2 nitrogen and oxygen atoms in total.